The van der Waals surface area contributed by atoms with Crippen LogP contribution in [0.1, 0.15) is 71.0 Å². The number of pyridine rings is 1. The first kappa shape index (κ1) is 27.9. The Morgan fingerprint density at radius 1 is 1.00 bits per heavy atom. The van der Waals surface area contributed by atoms with Gasteiger partial charge < -0.3 is 0 Å². The number of halogens is 5. The highest BCUT2D eigenvalue weighted by Crippen LogP contribution is 2.42. The molecule has 0 aliphatic heterocycles. The summed E-state index contributed by atoms with van der Waals surface area (Å²) in [6, 6.07) is 8.82. The predicted octanol–water partition coefficient (Wildman–Crippen LogP) is 7.01. The van der Waals surface area contributed by atoms with E-state index in [1.165, 1.54) is 24.5 Å². The third kappa shape index (κ3) is 5.63. The molecule has 1 saturated carbocycles. The molecule has 0 atom stereocenters. The average Bonchev–Trinajstić information content (AvgIpc) is 2.91. The van der Waals surface area contributed by atoms with Crippen LogP contribution in [0.3, 0.4) is 0 Å². The second-order valence-electron chi connectivity index (χ2n) is 10.1. The molecule has 0 amide bonds. The smallest absolute Gasteiger partial charge is 0.267 e. The van der Waals surface area contributed by atoms with Crippen molar-refractivity contribution in [1.29, 1.82) is 0 Å². The van der Waals surface area contributed by atoms with Gasteiger partial charge in [-0.05, 0) is 104 Å². The zero-order valence-corrected chi connectivity index (χ0v) is 22.6. The van der Waals surface area contributed by atoms with Gasteiger partial charge in [0, 0.05) is 18.0 Å². The molecular formula is C29H26ClF4N5O. The van der Waals surface area contributed by atoms with Crippen LogP contribution < -0.4 is 5.56 Å². The molecule has 40 heavy (non-hydrogen) atoms. The van der Waals surface area contributed by atoms with Crippen molar-refractivity contribution in [2.75, 3.05) is 0 Å². The lowest BCUT2D eigenvalue weighted by Gasteiger charge is -2.30. The average molecular weight is 572 g/mol. The minimum absolute atomic E-state index is 0.0201. The van der Waals surface area contributed by atoms with E-state index in [9.17, 15) is 22.4 Å². The minimum atomic E-state index is -4.65. The maximum absolute atomic E-state index is 14.6. The van der Waals surface area contributed by atoms with E-state index in [-0.39, 0.29) is 28.6 Å². The second-order valence-corrected chi connectivity index (χ2v) is 10.5. The molecule has 1 aromatic carbocycles. The SMILES string of the molecule is Cc1cnc(Cl)nc1-c1cc(C2CCC(c3c(C)cccc3F)CC2)c(=O)n(Cc2ncccc2C(F)(F)F)n1. The van der Waals surface area contributed by atoms with Crippen molar-refractivity contribution in [2.24, 2.45) is 0 Å². The number of hydrogen-bond acceptors (Lipinski definition) is 5. The van der Waals surface area contributed by atoms with Crippen LogP contribution in [-0.4, -0.2) is 24.7 Å². The second kappa shape index (κ2) is 11.1. The Hall–Kier alpha value is -3.66. The van der Waals surface area contributed by atoms with Crippen LogP contribution in [0.15, 0.2) is 53.6 Å². The van der Waals surface area contributed by atoms with Gasteiger partial charge in [-0.15, -0.1) is 0 Å². The van der Waals surface area contributed by atoms with Crippen molar-refractivity contribution in [2.45, 2.75) is 64.1 Å². The Labute approximate surface area is 233 Å². The van der Waals surface area contributed by atoms with Crippen molar-refractivity contribution in [1.82, 2.24) is 24.7 Å². The number of rotatable bonds is 5. The standard InChI is InChI=1S/C29H26ClF4N5O/c1-16-5-3-7-22(31)25(16)19-10-8-18(9-11-19)20-13-23(26-17(2)14-36-28(30)37-26)38-39(27(20)40)15-24-21(29(32,33)34)6-4-12-35-24/h3-7,12-14,18-19H,8-11,15H2,1-2H3. The van der Waals surface area contributed by atoms with E-state index < -0.39 is 23.8 Å². The van der Waals surface area contributed by atoms with Gasteiger partial charge >= 0.3 is 6.18 Å². The Morgan fingerprint density at radius 2 is 1.73 bits per heavy atom. The zero-order valence-electron chi connectivity index (χ0n) is 21.8. The lowest BCUT2D eigenvalue weighted by Crippen LogP contribution is -2.31. The Morgan fingerprint density at radius 3 is 2.42 bits per heavy atom. The maximum Gasteiger partial charge on any atom is 0.418 e. The van der Waals surface area contributed by atoms with Gasteiger partial charge in [0.25, 0.3) is 5.56 Å². The fourth-order valence-electron chi connectivity index (χ4n) is 5.58. The zero-order chi connectivity index (χ0) is 28.6. The van der Waals surface area contributed by atoms with Crippen molar-refractivity contribution in [3.05, 3.63) is 104 Å². The molecule has 11 heteroatoms. The molecule has 0 bridgehead atoms. The Bertz CT molecular complexity index is 1590. The fraction of sp³-hybridized carbons (Fsp3) is 0.345. The van der Waals surface area contributed by atoms with E-state index in [0.29, 0.717) is 53.8 Å². The number of aryl methyl sites for hydroxylation is 2. The van der Waals surface area contributed by atoms with Crippen LogP contribution in [0.25, 0.3) is 11.4 Å². The lowest BCUT2D eigenvalue weighted by atomic mass is 9.75. The summed E-state index contributed by atoms with van der Waals surface area (Å²) in [5.41, 5.74) is 1.59. The quantitative estimate of drug-likeness (QED) is 0.190. The molecule has 1 aliphatic rings. The van der Waals surface area contributed by atoms with Crippen LogP contribution in [0, 0.1) is 19.7 Å². The van der Waals surface area contributed by atoms with E-state index in [1.807, 2.05) is 13.0 Å². The minimum Gasteiger partial charge on any atom is -0.267 e. The number of benzene rings is 1. The van der Waals surface area contributed by atoms with Gasteiger partial charge in [0.1, 0.15) is 11.5 Å². The predicted molar refractivity (Wildman–Crippen MR) is 143 cm³/mol. The fourth-order valence-corrected chi connectivity index (χ4v) is 5.71. The molecule has 0 spiro atoms. The maximum atomic E-state index is 14.6. The topological polar surface area (TPSA) is 73.6 Å². The van der Waals surface area contributed by atoms with Crippen molar-refractivity contribution >= 4 is 11.6 Å². The molecule has 5 rings (SSSR count). The highest BCUT2D eigenvalue weighted by molar-refractivity contribution is 6.28. The molecule has 0 N–H and O–H groups in total. The molecule has 0 unspecified atom stereocenters. The van der Waals surface area contributed by atoms with E-state index in [4.69, 9.17) is 11.6 Å². The third-order valence-electron chi connectivity index (χ3n) is 7.53. The van der Waals surface area contributed by atoms with E-state index in [2.05, 4.69) is 20.1 Å². The molecule has 1 aliphatic carbocycles. The summed E-state index contributed by atoms with van der Waals surface area (Å²) in [6.07, 6.45) is 0.676. The van der Waals surface area contributed by atoms with Gasteiger partial charge in [0.2, 0.25) is 5.28 Å². The molecule has 1 fully saturated rings. The summed E-state index contributed by atoms with van der Waals surface area (Å²) < 4.78 is 56.7. The van der Waals surface area contributed by atoms with Gasteiger partial charge in [-0.25, -0.2) is 19.0 Å². The Balaban J connectivity index is 1.55. The van der Waals surface area contributed by atoms with Gasteiger partial charge in [0.05, 0.1) is 23.5 Å². The number of alkyl halides is 3. The van der Waals surface area contributed by atoms with Gasteiger partial charge in [-0.3, -0.25) is 9.78 Å². The van der Waals surface area contributed by atoms with E-state index in [1.54, 1.807) is 19.1 Å². The molecule has 4 aromatic rings. The van der Waals surface area contributed by atoms with Crippen LogP contribution in [0.5, 0.6) is 0 Å². The highest BCUT2D eigenvalue weighted by Gasteiger charge is 2.34. The number of aromatic nitrogens is 5. The first-order valence-corrected chi connectivity index (χ1v) is 13.3. The van der Waals surface area contributed by atoms with Crippen LogP contribution in [0.4, 0.5) is 17.6 Å². The summed E-state index contributed by atoms with van der Waals surface area (Å²) in [4.78, 5) is 25.9. The van der Waals surface area contributed by atoms with E-state index in [0.717, 1.165) is 16.3 Å². The van der Waals surface area contributed by atoms with Gasteiger partial charge in [0.15, 0.2) is 0 Å². The molecule has 208 valence electrons. The number of hydrogen-bond donors (Lipinski definition) is 0. The highest BCUT2D eigenvalue weighted by atomic mass is 35.5. The van der Waals surface area contributed by atoms with Crippen molar-refractivity contribution in [3.8, 4) is 11.4 Å². The molecule has 6 nitrogen and oxygen atoms in total. The normalized spacial score (nSPS) is 17.7. The Kier molecular flexibility index (Phi) is 7.72. The van der Waals surface area contributed by atoms with Crippen molar-refractivity contribution in [3.63, 3.8) is 0 Å². The van der Waals surface area contributed by atoms with Crippen LogP contribution in [-0.2, 0) is 12.7 Å². The largest absolute Gasteiger partial charge is 0.418 e. The third-order valence-corrected chi connectivity index (χ3v) is 7.71. The molecule has 3 aromatic heterocycles. The molecule has 0 saturated heterocycles. The van der Waals surface area contributed by atoms with Crippen molar-refractivity contribution < 1.29 is 17.6 Å². The molecule has 0 radical (unpaired) electrons. The monoisotopic (exact) mass is 571 g/mol. The summed E-state index contributed by atoms with van der Waals surface area (Å²) in [5.74, 6) is -0.400. The first-order valence-electron chi connectivity index (χ1n) is 12.9. The molecular weight excluding hydrogens is 546 g/mol. The van der Waals surface area contributed by atoms with E-state index >= 15 is 0 Å². The lowest BCUT2D eigenvalue weighted by molar-refractivity contribution is -0.138. The van der Waals surface area contributed by atoms with Crippen LogP contribution >= 0.6 is 11.6 Å². The number of nitrogens with zero attached hydrogens (tertiary/aromatic N) is 5. The molecule has 3 heterocycles. The summed E-state index contributed by atoms with van der Waals surface area (Å²) in [6.45, 7) is 3.17. The van der Waals surface area contributed by atoms with Gasteiger partial charge in [-0.2, -0.15) is 18.3 Å². The first-order chi connectivity index (χ1) is 19.0. The van der Waals surface area contributed by atoms with Gasteiger partial charge in [-0.1, -0.05) is 12.1 Å². The summed E-state index contributed by atoms with van der Waals surface area (Å²) in [5, 5.41) is 4.38. The summed E-state index contributed by atoms with van der Waals surface area (Å²) >= 11 is 6.04. The summed E-state index contributed by atoms with van der Waals surface area (Å²) in [7, 11) is 0. The van der Waals surface area contributed by atoms with Crippen LogP contribution in [0.2, 0.25) is 5.28 Å².